The van der Waals surface area contributed by atoms with Crippen molar-refractivity contribution >= 4 is 16.0 Å². The maximum atomic E-state index is 13.1. The van der Waals surface area contributed by atoms with Gasteiger partial charge in [-0.25, -0.2) is 0 Å². The molecular weight excluding hydrogens is 363 g/mol. The first-order valence-electron chi connectivity index (χ1n) is 7.06. The molecule has 3 rings (SSSR count). The minimum Gasteiger partial charge on any atom is -0.476 e. The van der Waals surface area contributed by atoms with E-state index in [2.05, 4.69) is 14.4 Å². The van der Waals surface area contributed by atoms with Gasteiger partial charge in [-0.1, -0.05) is 17.7 Å². The number of alkyl halides is 3. The van der Waals surface area contributed by atoms with E-state index in [1.165, 1.54) is 30.3 Å². The summed E-state index contributed by atoms with van der Waals surface area (Å²) < 4.78 is 73.5. The minimum atomic E-state index is -4.95. The first-order chi connectivity index (χ1) is 11.7. The van der Waals surface area contributed by atoms with Gasteiger partial charge < -0.3 is 8.92 Å². The standard InChI is InChI=1S/C14H12F3N3O4S/c1-9-4-6-10(7-5-9)25(21,22)24-13-12(14(15,16)17)18-20(19-13)11-3-2-8-23-11/h3-7H,2,8H2,1H3. The molecule has 0 amide bonds. The Morgan fingerprint density at radius 1 is 1.20 bits per heavy atom. The summed E-state index contributed by atoms with van der Waals surface area (Å²) in [5, 5.41) is 6.73. The minimum absolute atomic E-state index is 0.0203. The van der Waals surface area contributed by atoms with Crippen LogP contribution < -0.4 is 4.18 Å². The lowest BCUT2D eigenvalue weighted by Crippen LogP contribution is -2.14. The van der Waals surface area contributed by atoms with Gasteiger partial charge in [0.2, 0.25) is 11.6 Å². The second-order valence-corrected chi connectivity index (χ2v) is 6.72. The lowest BCUT2D eigenvalue weighted by atomic mass is 10.2. The van der Waals surface area contributed by atoms with Crippen molar-refractivity contribution in [3.05, 3.63) is 41.6 Å². The van der Waals surface area contributed by atoms with Gasteiger partial charge in [0, 0.05) is 6.42 Å². The molecule has 2 heterocycles. The van der Waals surface area contributed by atoms with Crippen molar-refractivity contribution in [3.63, 3.8) is 0 Å². The summed E-state index contributed by atoms with van der Waals surface area (Å²) in [4.78, 5) is 0.271. The van der Waals surface area contributed by atoms with E-state index in [0.717, 1.165) is 5.56 Å². The van der Waals surface area contributed by atoms with E-state index in [1.807, 2.05) is 0 Å². The van der Waals surface area contributed by atoms with Crippen LogP contribution in [0, 0.1) is 6.92 Å². The lowest BCUT2D eigenvalue weighted by molar-refractivity contribution is -0.142. The number of nitrogens with zero attached hydrogens (tertiary/aromatic N) is 3. The SMILES string of the molecule is Cc1ccc(S(=O)(=O)Oc2nn(C3=CCCO3)nc2C(F)(F)F)cc1. The Balaban J connectivity index is 1.99. The van der Waals surface area contributed by atoms with Crippen LogP contribution >= 0.6 is 0 Å². The third kappa shape index (κ3) is 3.60. The first kappa shape index (κ1) is 17.3. The molecule has 0 bridgehead atoms. The Labute approximate surface area is 140 Å². The first-order valence-corrected chi connectivity index (χ1v) is 8.47. The molecule has 0 radical (unpaired) electrons. The molecule has 0 fully saturated rings. The van der Waals surface area contributed by atoms with Gasteiger partial charge in [-0.3, -0.25) is 0 Å². The highest BCUT2D eigenvalue weighted by Gasteiger charge is 2.41. The number of ether oxygens (including phenoxy) is 1. The predicted molar refractivity (Wildman–Crippen MR) is 78.9 cm³/mol. The summed E-state index contributed by atoms with van der Waals surface area (Å²) in [6, 6.07) is 5.44. The second kappa shape index (κ2) is 6.06. The number of aryl methyl sites for hydroxylation is 1. The van der Waals surface area contributed by atoms with Gasteiger partial charge in [-0.2, -0.15) is 21.6 Å². The maximum absolute atomic E-state index is 13.1. The predicted octanol–water partition coefficient (Wildman–Crippen LogP) is 2.59. The van der Waals surface area contributed by atoms with Gasteiger partial charge in [0.05, 0.1) is 6.61 Å². The van der Waals surface area contributed by atoms with Crippen LogP contribution in [0.3, 0.4) is 0 Å². The van der Waals surface area contributed by atoms with Crippen LogP contribution in [0.4, 0.5) is 13.2 Å². The zero-order valence-corrected chi connectivity index (χ0v) is 13.6. The van der Waals surface area contributed by atoms with Crippen LogP contribution in [0.15, 0.2) is 35.2 Å². The summed E-state index contributed by atoms with van der Waals surface area (Å²) in [6.45, 7) is 2.01. The molecule has 1 aromatic carbocycles. The van der Waals surface area contributed by atoms with Gasteiger partial charge in [-0.05, 0) is 25.1 Å². The molecule has 25 heavy (non-hydrogen) atoms. The molecule has 0 aliphatic carbocycles. The highest BCUT2D eigenvalue weighted by atomic mass is 32.2. The number of hydrogen-bond acceptors (Lipinski definition) is 6. The molecule has 134 valence electrons. The van der Waals surface area contributed by atoms with Crippen molar-refractivity contribution in [1.82, 2.24) is 15.0 Å². The molecule has 2 aromatic rings. The number of benzene rings is 1. The number of halogens is 3. The molecule has 11 heteroatoms. The molecule has 0 saturated heterocycles. The number of aromatic nitrogens is 3. The second-order valence-electron chi connectivity index (χ2n) is 5.17. The monoisotopic (exact) mass is 375 g/mol. The molecule has 0 spiro atoms. The van der Waals surface area contributed by atoms with E-state index in [9.17, 15) is 21.6 Å². The Morgan fingerprint density at radius 3 is 2.44 bits per heavy atom. The van der Waals surface area contributed by atoms with Crippen molar-refractivity contribution in [3.8, 4) is 5.88 Å². The summed E-state index contributed by atoms with van der Waals surface area (Å²) in [5.74, 6) is -1.18. The molecule has 0 unspecified atom stereocenters. The summed E-state index contributed by atoms with van der Waals surface area (Å²) in [6.07, 6.45) is -2.98. The van der Waals surface area contributed by atoms with Crippen LogP contribution in [0.5, 0.6) is 5.88 Å². The normalized spacial score (nSPS) is 15.0. The van der Waals surface area contributed by atoms with Crippen molar-refractivity contribution in [2.24, 2.45) is 0 Å². The van der Waals surface area contributed by atoms with E-state index >= 15 is 0 Å². The van der Waals surface area contributed by atoms with Gasteiger partial charge in [0.1, 0.15) is 4.90 Å². The molecule has 7 nitrogen and oxygen atoms in total. The van der Waals surface area contributed by atoms with Crippen molar-refractivity contribution in [2.75, 3.05) is 6.61 Å². The molecular formula is C14H12F3N3O4S. The summed E-state index contributed by atoms with van der Waals surface area (Å²) in [7, 11) is -4.50. The fourth-order valence-corrected chi connectivity index (χ4v) is 2.91. The summed E-state index contributed by atoms with van der Waals surface area (Å²) in [5.41, 5.74) is -0.772. The number of rotatable bonds is 4. The smallest absolute Gasteiger partial charge is 0.440 e. The fraction of sp³-hybridized carbons (Fsp3) is 0.286. The highest BCUT2D eigenvalue weighted by molar-refractivity contribution is 7.87. The van der Waals surface area contributed by atoms with E-state index in [0.29, 0.717) is 11.2 Å². The molecule has 0 N–H and O–H groups in total. The van der Waals surface area contributed by atoms with Gasteiger partial charge in [0.25, 0.3) is 5.88 Å². The Kier molecular flexibility index (Phi) is 4.19. The zero-order chi connectivity index (χ0) is 18.2. The van der Waals surface area contributed by atoms with Crippen LogP contribution in [0.2, 0.25) is 0 Å². The highest BCUT2D eigenvalue weighted by Crippen LogP contribution is 2.35. The third-order valence-electron chi connectivity index (χ3n) is 3.23. The zero-order valence-electron chi connectivity index (χ0n) is 12.8. The van der Waals surface area contributed by atoms with E-state index in [1.54, 1.807) is 6.92 Å². The molecule has 1 aliphatic rings. The quantitative estimate of drug-likeness (QED) is 0.764. The maximum Gasteiger partial charge on any atom is 0.440 e. The van der Waals surface area contributed by atoms with E-state index < -0.39 is 27.9 Å². The van der Waals surface area contributed by atoms with E-state index in [4.69, 9.17) is 4.74 Å². The van der Waals surface area contributed by atoms with Gasteiger partial charge in [-0.15, -0.1) is 15.0 Å². The van der Waals surface area contributed by atoms with Crippen molar-refractivity contribution in [2.45, 2.75) is 24.4 Å². The third-order valence-corrected chi connectivity index (χ3v) is 4.46. The lowest BCUT2D eigenvalue weighted by Gasteiger charge is -2.07. The Morgan fingerprint density at radius 2 is 1.88 bits per heavy atom. The van der Waals surface area contributed by atoms with E-state index in [-0.39, 0.29) is 17.4 Å². The average Bonchev–Trinajstić information content (AvgIpc) is 3.15. The Bertz CT molecular complexity index is 918. The Hall–Kier alpha value is -2.56. The topological polar surface area (TPSA) is 83.3 Å². The molecule has 1 aliphatic heterocycles. The van der Waals surface area contributed by atoms with Crippen LogP contribution in [-0.4, -0.2) is 30.0 Å². The summed E-state index contributed by atoms with van der Waals surface area (Å²) >= 11 is 0. The molecule has 0 atom stereocenters. The van der Waals surface area contributed by atoms with Gasteiger partial charge >= 0.3 is 16.3 Å². The molecule has 0 saturated carbocycles. The van der Waals surface area contributed by atoms with Crippen LogP contribution in [0.1, 0.15) is 17.7 Å². The van der Waals surface area contributed by atoms with Crippen molar-refractivity contribution in [1.29, 1.82) is 0 Å². The average molecular weight is 375 g/mol. The fourth-order valence-electron chi connectivity index (χ4n) is 2.03. The number of hydrogen-bond donors (Lipinski definition) is 0. The van der Waals surface area contributed by atoms with Crippen molar-refractivity contribution < 1.29 is 30.5 Å². The van der Waals surface area contributed by atoms with Crippen LogP contribution in [0.25, 0.3) is 5.88 Å². The largest absolute Gasteiger partial charge is 0.476 e. The van der Waals surface area contributed by atoms with Crippen LogP contribution in [-0.2, 0) is 21.0 Å². The molecule has 1 aromatic heterocycles. The van der Waals surface area contributed by atoms with Gasteiger partial charge in [0.15, 0.2) is 0 Å².